The lowest BCUT2D eigenvalue weighted by atomic mass is 10.1. The van der Waals surface area contributed by atoms with Crippen molar-refractivity contribution in [1.29, 1.82) is 0 Å². The van der Waals surface area contributed by atoms with Crippen molar-refractivity contribution in [2.75, 3.05) is 6.54 Å². The highest BCUT2D eigenvalue weighted by molar-refractivity contribution is 6.35. The zero-order valence-corrected chi connectivity index (χ0v) is 15.0. The van der Waals surface area contributed by atoms with Crippen LogP contribution in [0.15, 0.2) is 60.8 Å². The average molecular weight is 349 g/mol. The summed E-state index contributed by atoms with van der Waals surface area (Å²) < 4.78 is 2.07. The quantitative estimate of drug-likeness (QED) is 0.696. The predicted octanol–water partition coefficient (Wildman–Crippen LogP) is 2.71. The van der Waals surface area contributed by atoms with Crippen LogP contribution >= 0.6 is 0 Å². The molecule has 0 unspecified atom stereocenters. The van der Waals surface area contributed by atoms with E-state index in [1.807, 2.05) is 56.6 Å². The van der Waals surface area contributed by atoms with Crippen LogP contribution in [0.3, 0.4) is 0 Å². The molecule has 1 atom stereocenters. The van der Waals surface area contributed by atoms with Crippen LogP contribution in [0, 0.1) is 0 Å². The van der Waals surface area contributed by atoms with Crippen LogP contribution in [0.25, 0.3) is 10.9 Å². The summed E-state index contributed by atoms with van der Waals surface area (Å²) in [6.45, 7) is 2.28. The molecule has 0 radical (unpaired) electrons. The molecule has 1 aromatic heterocycles. The third-order valence-corrected chi connectivity index (χ3v) is 4.50. The maximum atomic E-state index is 12.0. The van der Waals surface area contributed by atoms with Gasteiger partial charge in [-0.3, -0.25) is 9.59 Å². The van der Waals surface area contributed by atoms with E-state index in [-0.39, 0.29) is 6.04 Å². The van der Waals surface area contributed by atoms with E-state index >= 15 is 0 Å². The van der Waals surface area contributed by atoms with Gasteiger partial charge in [-0.1, -0.05) is 36.4 Å². The average Bonchev–Trinajstić information content (AvgIpc) is 3.02. The summed E-state index contributed by atoms with van der Waals surface area (Å²) in [5.74, 6) is -1.21. The van der Waals surface area contributed by atoms with Gasteiger partial charge in [-0.15, -0.1) is 0 Å². The van der Waals surface area contributed by atoms with Gasteiger partial charge in [0.2, 0.25) is 0 Å². The van der Waals surface area contributed by atoms with Crippen molar-refractivity contribution in [2.24, 2.45) is 7.05 Å². The topological polar surface area (TPSA) is 63.1 Å². The molecule has 2 amide bonds. The van der Waals surface area contributed by atoms with E-state index < -0.39 is 11.8 Å². The number of nitrogens with zero attached hydrogens (tertiary/aromatic N) is 1. The minimum Gasteiger partial charge on any atom is -0.351 e. The Morgan fingerprint density at radius 3 is 2.58 bits per heavy atom. The highest BCUT2D eigenvalue weighted by Crippen LogP contribution is 2.16. The first-order chi connectivity index (χ1) is 12.5. The van der Waals surface area contributed by atoms with Gasteiger partial charge in [0, 0.05) is 25.3 Å². The number of hydrogen-bond donors (Lipinski definition) is 2. The van der Waals surface area contributed by atoms with Crippen molar-refractivity contribution in [1.82, 2.24) is 15.2 Å². The third kappa shape index (κ3) is 4.11. The molecule has 0 aliphatic heterocycles. The Hall–Kier alpha value is -3.08. The molecule has 3 rings (SSSR count). The monoisotopic (exact) mass is 349 g/mol. The first-order valence-electron chi connectivity index (χ1n) is 8.72. The number of amides is 2. The molecular weight excluding hydrogens is 326 g/mol. The van der Waals surface area contributed by atoms with Crippen LogP contribution in [-0.4, -0.2) is 22.9 Å². The van der Waals surface area contributed by atoms with E-state index in [2.05, 4.69) is 33.4 Å². The molecule has 2 aromatic carbocycles. The van der Waals surface area contributed by atoms with E-state index in [0.717, 1.165) is 11.1 Å². The summed E-state index contributed by atoms with van der Waals surface area (Å²) in [5.41, 5.74) is 3.26. The number of carbonyl (C=O) groups excluding carboxylic acids is 2. The summed E-state index contributed by atoms with van der Waals surface area (Å²) in [5, 5.41) is 6.57. The lowest BCUT2D eigenvalue weighted by Crippen LogP contribution is -2.41. The Balaban J connectivity index is 1.49. The van der Waals surface area contributed by atoms with Crippen molar-refractivity contribution >= 4 is 22.7 Å². The van der Waals surface area contributed by atoms with Gasteiger partial charge in [0.15, 0.2) is 0 Å². The van der Waals surface area contributed by atoms with E-state index in [1.165, 1.54) is 10.9 Å². The second-order valence-corrected chi connectivity index (χ2v) is 6.43. The molecule has 134 valence electrons. The highest BCUT2D eigenvalue weighted by Gasteiger charge is 2.16. The van der Waals surface area contributed by atoms with Crippen molar-refractivity contribution < 1.29 is 9.59 Å². The van der Waals surface area contributed by atoms with Crippen molar-refractivity contribution in [3.05, 3.63) is 71.9 Å². The zero-order chi connectivity index (χ0) is 18.5. The minimum absolute atomic E-state index is 0.213. The molecule has 0 spiro atoms. The standard InChI is InChI=1S/C21H23N3O2/c1-15(17-6-4-3-5-7-17)23-21(26)20(25)22-12-10-16-8-9-19-18(14-16)11-13-24(19)2/h3-9,11,13-15H,10,12H2,1-2H3,(H,22,25)(H,23,26)/t15-/m0/s1. The molecule has 5 nitrogen and oxygen atoms in total. The number of nitrogens with one attached hydrogen (secondary N) is 2. The Morgan fingerprint density at radius 1 is 1.04 bits per heavy atom. The van der Waals surface area contributed by atoms with Crippen molar-refractivity contribution in [3.8, 4) is 0 Å². The van der Waals surface area contributed by atoms with Crippen LogP contribution in [0.1, 0.15) is 24.1 Å². The minimum atomic E-state index is -0.611. The Morgan fingerprint density at radius 2 is 1.81 bits per heavy atom. The van der Waals surface area contributed by atoms with Gasteiger partial charge in [0.25, 0.3) is 0 Å². The molecule has 0 aliphatic rings. The third-order valence-electron chi connectivity index (χ3n) is 4.50. The number of aryl methyl sites for hydroxylation is 1. The van der Waals surface area contributed by atoms with Gasteiger partial charge in [0.1, 0.15) is 0 Å². The summed E-state index contributed by atoms with van der Waals surface area (Å²) in [6.07, 6.45) is 2.70. The first-order valence-corrected chi connectivity index (χ1v) is 8.72. The fourth-order valence-electron chi connectivity index (χ4n) is 2.97. The second kappa shape index (κ2) is 7.87. The number of hydrogen-bond acceptors (Lipinski definition) is 2. The smallest absolute Gasteiger partial charge is 0.309 e. The number of benzene rings is 2. The lowest BCUT2D eigenvalue weighted by molar-refractivity contribution is -0.139. The van der Waals surface area contributed by atoms with Crippen molar-refractivity contribution in [3.63, 3.8) is 0 Å². The van der Waals surface area contributed by atoms with E-state index in [9.17, 15) is 9.59 Å². The van der Waals surface area contributed by atoms with E-state index in [4.69, 9.17) is 0 Å². The van der Waals surface area contributed by atoms with Crippen LogP contribution < -0.4 is 10.6 Å². The molecule has 1 heterocycles. The number of aromatic nitrogens is 1. The fourth-order valence-corrected chi connectivity index (χ4v) is 2.97. The maximum absolute atomic E-state index is 12.0. The van der Waals surface area contributed by atoms with E-state index in [1.54, 1.807) is 0 Å². The zero-order valence-electron chi connectivity index (χ0n) is 15.0. The van der Waals surface area contributed by atoms with Gasteiger partial charge in [-0.05, 0) is 48.1 Å². The highest BCUT2D eigenvalue weighted by atomic mass is 16.2. The molecule has 0 fully saturated rings. The summed E-state index contributed by atoms with van der Waals surface area (Å²) in [6, 6.07) is 17.6. The van der Waals surface area contributed by atoms with Crippen LogP contribution in [0.4, 0.5) is 0 Å². The first kappa shape index (κ1) is 17.7. The summed E-state index contributed by atoms with van der Waals surface area (Å²) >= 11 is 0. The van der Waals surface area contributed by atoms with Crippen LogP contribution in [-0.2, 0) is 23.1 Å². The fraction of sp³-hybridized carbons (Fsp3) is 0.238. The molecule has 0 bridgehead atoms. The lowest BCUT2D eigenvalue weighted by Gasteiger charge is -2.14. The predicted molar refractivity (Wildman–Crippen MR) is 103 cm³/mol. The van der Waals surface area contributed by atoms with Crippen LogP contribution in [0.5, 0.6) is 0 Å². The Bertz CT molecular complexity index is 915. The Labute approximate surface area is 153 Å². The summed E-state index contributed by atoms with van der Waals surface area (Å²) in [4.78, 5) is 24.0. The van der Waals surface area contributed by atoms with Crippen LogP contribution in [0.2, 0.25) is 0 Å². The molecule has 0 aliphatic carbocycles. The molecule has 5 heteroatoms. The Kier molecular flexibility index (Phi) is 5.37. The summed E-state index contributed by atoms with van der Waals surface area (Å²) in [7, 11) is 2.01. The normalized spacial score (nSPS) is 11.9. The SMILES string of the molecule is C[C@H](NC(=O)C(=O)NCCc1ccc2c(ccn2C)c1)c1ccccc1. The molecular formula is C21H23N3O2. The molecule has 3 aromatic rings. The molecule has 0 saturated heterocycles. The van der Waals surface area contributed by atoms with Gasteiger partial charge >= 0.3 is 11.8 Å². The van der Waals surface area contributed by atoms with Gasteiger partial charge in [-0.2, -0.15) is 0 Å². The van der Waals surface area contributed by atoms with Gasteiger partial charge in [-0.25, -0.2) is 0 Å². The van der Waals surface area contributed by atoms with Gasteiger partial charge in [0.05, 0.1) is 6.04 Å². The maximum Gasteiger partial charge on any atom is 0.309 e. The molecule has 2 N–H and O–H groups in total. The van der Waals surface area contributed by atoms with E-state index in [0.29, 0.717) is 13.0 Å². The number of rotatable bonds is 5. The number of fused-ring (bicyclic) bond motifs is 1. The second-order valence-electron chi connectivity index (χ2n) is 6.43. The van der Waals surface area contributed by atoms with Gasteiger partial charge < -0.3 is 15.2 Å². The van der Waals surface area contributed by atoms with Crippen molar-refractivity contribution in [2.45, 2.75) is 19.4 Å². The molecule has 0 saturated carbocycles. The largest absolute Gasteiger partial charge is 0.351 e. The number of carbonyl (C=O) groups is 2. The molecule has 26 heavy (non-hydrogen) atoms.